The maximum atomic E-state index is 6.33. The van der Waals surface area contributed by atoms with Gasteiger partial charge in [-0.3, -0.25) is 0 Å². The van der Waals surface area contributed by atoms with Crippen molar-refractivity contribution >= 4 is 11.4 Å². The van der Waals surface area contributed by atoms with E-state index in [0.717, 1.165) is 30.8 Å². The van der Waals surface area contributed by atoms with Gasteiger partial charge in [0.05, 0.1) is 11.4 Å². The number of nitrogens with one attached hydrogen (secondary N) is 1. The highest BCUT2D eigenvalue weighted by atomic mass is 14.9. The van der Waals surface area contributed by atoms with Crippen LogP contribution in [0.3, 0.4) is 0 Å². The predicted molar refractivity (Wildman–Crippen MR) is 95.7 cm³/mol. The molecule has 1 atom stereocenters. The molecule has 0 aliphatic heterocycles. The van der Waals surface area contributed by atoms with Gasteiger partial charge in [-0.05, 0) is 60.6 Å². The van der Waals surface area contributed by atoms with E-state index in [1.54, 1.807) is 0 Å². The third-order valence-corrected chi connectivity index (χ3v) is 4.59. The molecule has 1 aliphatic rings. The van der Waals surface area contributed by atoms with Gasteiger partial charge in [-0.1, -0.05) is 30.3 Å². The second-order valence-electron chi connectivity index (χ2n) is 6.05. The summed E-state index contributed by atoms with van der Waals surface area (Å²) in [6.45, 7) is 9.03. The minimum Gasteiger partial charge on any atom is -0.397 e. The predicted octanol–water partition coefficient (Wildman–Crippen LogP) is 4.62. The molecule has 0 amide bonds. The topological polar surface area (TPSA) is 38.0 Å². The van der Waals surface area contributed by atoms with Crippen molar-refractivity contribution in [3.05, 3.63) is 70.8 Å². The summed E-state index contributed by atoms with van der Waals surface area (Å²) < 4.78 is 0. The van der Waals surface area contributed by atoms with Crippen molar-refractivity contribution in [1.82, 2.24) is 0 Å². The number of anilines is 2. The standard InChI is InChI=1S/C20H24N2/c1-4-6-18(15-8-7-14-11-16(14)12-15)17-9-10-19(22-5-2)20(21)13(17)3/h4,7-10,12,18,22H,1,5-6,11,21H2,2-3H3. The van der Waals surface area contributed by atoms with Gasteiger partial charge >= 0.3 is 0 Å². The first-order chi connectivity index (χ1) is 10.7. The molecule has 0 saturated carbocycles. The van der Waals surface area contributed by atoms with E-state index in [9.17, 15) is 0 Å². The van der Waals surface area contributed by atoms with Crippen LogP contribution in [-0.2, 0) is 6.42 Å². The summed E-state index contributed by atoms with van der Waals surface area (Å²) in [6.07, 6.45) is 4.09. The van der Waals surface area contributed by atoms with Gasteiger partial charge in [0, 0.05) is 12.5 Å². The Hall–Kier alpha value is -2.22. The maximum Gasteiger partial charge on any atom is 0.0582 e. The van der Waals surface area contributed by atoms with Crippen LogP contribution in [0.25, 0.3) is 0 Å². The number of allylic oxidation sites excluding steroid dienone is 1. The van der Waals surface area contributed by atoms with Crippen LogP contribution in [0.4, 0.5) is 11.4 Å². The summed E-state index contributed by atoms with van der Waals surface area (Å²) in [4.78, 5) is 0. The van der Waals surface area contributed by atoms with E-state index in [1.807, 2.05) is 6.08 Å². The number of fused-ring (bicyclic) bond motifs is 1. The van der Waals surface area contributed by atoms with Gasteiger partial charge in [0.1, 0.15) is 0 Å². The number of nitrogen functional groups attached to an aromatic ring is 1. The number of hydrogen-bond acceptors (Lipinski definition) is 2. The van der Waals surface area contributed by atoms with E-state index in [2.05, 4.69) is 56.1 Å². The van der Waals surface area contributed by atoms with Crippen LogP contribution < -0.4 is 11.1 Å². The largest absolute Gasteiger partial charge is 0.397 e. The van der Waals surface area contributed by atoms with E-state index < -0.39 is 0 Å². The van der Waals surface area contributed by atoms with E-state index in [4.69, 9.17) is 5.73 Å². The van der Waals surface area contributed by atoms with Gasteiger partial charge in [0.15, 0.2) is 0 Å². The lowest BCUT2D eigenvalue weighted by Crippen LogP contribution is -2.08. The second kappa shape index (κ2) is 5.88. The fraction of sp³-hybridized carbons (Fsp3) is 0.300. The fourth-order valence-corrected chi connectivity index (χ4v) is 3.21. The Morgan fingerprint density at radius 2 is 2.09 bits per heavy atom. The third kappa shape index (κ3) is 2.61. The van der Waals surface area contributed by atoms with Gasteiger partial charge in [0.2, 0.25) is 0 Å². The first-order valence-corrected chi connectivity index (χ1v) is 8.01. The normalized spacial score (nSPS) is 13.4. The Kier molecular flexibility index (Phi) is 3.93. The molecule has 2 aromatic carbocycles. The lowest BCUT2D eigenvalue weighted by molar-refractivity contribution is 0.824. The molecule has 0 aromatic heterocycles. The molecule has 1 aliphatic carbocycles. The minimum atomic E-state index is 0.335. The molecule has 0 heterocycles. The molecule has 2 nitrogen and oxygen atoms in total. The van der Waals surface area contributed by atoms with Crippen LogP contribution in [0, 0.1) is 6.92 Å². The lowest BCUT2D eigenvalue weighted by Gasteiger charge is -2.21. The second-order valence-corrected chi connectivity index (χ2v) is 6.05. The Bertz CT molecular complexity index is 716. The van der Waals surface area contributed by atoms with E-state index >= 15 is 0 Å². The Morgan fingerprint density at radius 1 is 1.27 bits per heavy atom. The van der Waals surface area contributed by atoms with E-state index in [-0.39, 0.29) is 0 Å². The van der Waals surface area contributed by atoms with Gasteiger partial charge in [-0.15, -0.1) is 6.58 Å². The summed E-state index contributed by atoms with van der Waals surface area (Å²) in [5.74, 6) is 0.335. The van der Waals surface area contributed by atoms with Gasteiger partial charge in [-0.2, -0.15) is 0 Å². The Labute approximate surface area is 133 Å². The first kappa shape index (κ1) is 14.7. The zero-order valence-electron chi connectivity index (χ0n) is 13.4. The van der Waals surface area contributed by atoms with Gasteiger partial charge < -0.3 is 11.1 Å². The Balaban J connectivity index is 2.02. The molecule has 114 valence electrons. The van der Waals surface area contributed by atoms with Crippen LogP contribution in [0.5, 0.6) is 0 Å². The average molecular weight is 292 g/mol. The van der Waals surface area contributed by atoms with Crippen molar-refractivity contribution in [2.24, 2.45) is 0 Å². The molecule has 3 N–H and O–H groups in total. The molecule has 0 fully saturated rings. The third-order valence-electron chi connectivity index (χ3n) is 4.59. The smallest absolute Gasteiger partial charge is 0.0582 e. The van der Waals surface area contributed by atoms with Crippen molar-refractivity contribution in [2.75, 3.05) is 17.6 Å². The first-order valence-electron chi connectivity index (χ1n) is 8.01. The summed E-state index contributed by atoms with van der Waals surface area (Å²) in [7, 11) is 0. The molecular formula is C20H24N2. The molecule has 3 rings (SSSR count). The number of benzene rings is 2. The number of nitrogens with two attached hydrogens (primary N) is 1. The van der Waals surface area contributed by atoms with E-state index in [1.165, 1.54) is 27.8 Å². The summed E-state index contributed by atoms with van der Waals surface area (Å²) in [5.41, 5.74) is 15.0. The van der Waals surface area contributed by atoms with Crippen LogP contribution >= 0.6 is 0 Å². The maximum absolute atomic E-state index is 6.33. The van der Waals surface area contributed by atoms with Gasteiger partial charge in [0.25, 0.3) is 0 Å². The van der Waals surface area contributed by atoms with Gasteiger partial charge in [-0.25, -0.2) is 0 Å². The van der Waals surface area contributed by atoms with Crippen LogP contribution in [0.2, 0.25) is 0 Å². The van der Waals surface area contributed by atoms with Crippen LogP contribution in [0.1, 0.15) is 47.1 Å². The summed E-state index contributed by atoms with van der Waals surface area (Å²) in [5, 5.41) is 3.33. The zero-order chi connectivity index (χ0) is 15.7. The molecule has 0 saturated heterocycles. The minimum absolute atomic E-state index is 0.335. The molecule has 2 heteroatoms. The highest BCUT2D eigenvalue weighted by molar-refractivity contribution is 5.72. The quantitative estimate of drug-likeness (QED) is 0.514. The summed E-state index contributed by atoms with van der Waals surface area (Å²) >= 11 is 0. The van der Waals surface area contributed by atoms with Crippen molar-refractivity contribution in [3.8, 4) is 0 Å². The molecule has 0 spiro atoms. The van der Waals surface area contributed by atoms with Crippen LogP contribution in [-0.4, -0.2) is 6.54 Å². The molecule has 2 aromatic rings. The molecule has 0 bridgehead atoms. The molecule has 22 heavy (non-hydrogen) atoms. The highest BCUT2D eigenvalue weighted by Gasteiger charge is 2.22. The molecular weight excluding hydrogens is 268 g/mol. The average Bonchev–Trinajstić information content (AvgIpc) is 3.29. The van der Waals surface area contributed by atoms with Crippen LogP contribution in [0.15, 0.2) is 43.0 Å². The van der Waals surface area contributed by atoms with Crippen molar-refractivity contribution in [1.29, 1.82) is 0 Å². The zero-order valence-corrected chi connectivity index (χ0v) is 13.4. The number of rotatable bonds is 6. The van der Waals surface area contributed by atoms with Crippen molar-refractivity contribution in [2.45, 2.75) is 32.6 Å². The SMILES string of the molecule is C=CCC(c1ccc2c(c1)C2)c1ccc(NCC)c(N)c1C. The number of hydrogen-bond donors (Lipinski definition) is 2. The highest BCUT2D eigenvalue weighted by Crippen LogP contribution is 2.38. The molecule has 1 unspecified atom stereocenters. The van der Waals surface area contributed by atoms with Crippen molar-refractivity contribution in [3.63, 3.8) is 0 Å². The fourth-order valence-electron chi connectivity index (χ4n) is 3.21. The molecule has 0 radical (unpaired) electrons. The lowest BCUT2D eigenvalue weighted by atomic mass is 9.85. The Morgan fingerprint density at radius 3 is 2.77 bits per heavy atom. The van der Waals surface area contributed by atoms with Crippen molar-refractivity contribution < 1.29 is 0 Å². The van der Waals surface area contributed by atoms with E-state index in [0.29, 0.717) is 5.92 Å². The monoisotopic (exact) mass is 292 g/mol. The summed E-state index contributed by atoms with van der Waals surface area (Å²) in [6, 6.07) is 11.2.